The summed E-state index contributed by atoms with van der Waals surface area (Å²) in [5.74, 6) is 0.232. The highest BCUT2D eigenvalue weighted by Gasteiger charge is 2.16. The molecular weight excluding hydrogens is 264 g/mol. The first kappa shape index (κ1) is 13.7. The predicted octanol–water partition coefficient (Wildman–Crippen LogP) is 2.23. The highest BCUT2D eigenvalue weighted by Crippen LogP contribution is 2.32. The molecule has 1 aromatic carbocycles. The van der Waals surface area contributed by atoms with E-state index in [9.17, 15) is 4.79 Å². The molecule has 0 aliphatic carbocycles. The van der Waals surface area contributed by atoms with Crippen molar-refractivity contribution >= 4 is 11.7 Å². The summed E-state index contributed by atoms with van der Waals surface area (Å²) in [4.78, 5) is 15.3. The average molecular weight is 278 g/mol. The first-order chi connectivity index (χ1) is 9.63. The molecule has 0 aliphatic rings. The minimum absolute atomic E-state index is 0.0382. The van der Waals surface area contributed by atoms with Gasteiger partial charge in [0, 0.05) is 11.8 Å². The lowest BCUT2D eigenvalue weighted by Gasteiger charge is -2.07. The number of nitrogen functional groups attached to an aromatic ring is 1. The van der Waals surface area contributed by atoms with Crippen LogP contribution in [0.15, 0.2) is 28.9 Å². The highest BCUT2D eigenvalue weighted by molar-refractivity contribution is 5.86. The van der Waals surface area contributed by atoms with Crippen LogP contribution in [0.25, 0.3) is 0 Å². The molecule has 0 saturated heterocycles. The smallest absolute Gasteiger partial charge is 0.400 e. The van der Waals surface area contributed by atoms with Gasteiger partial charge in [-0.15, -0.1) is 0 Å². The van der Waals surface area contributed by atoms with Crippen LogP contribution in [0.2, 0.25) is 0 Å². The molecule has 0 saturated carbocycles. The maximum Gasteiger partial charge on any atom is 0.400 e. The van der Waals surface area contributed by atoms with E-state index in [1.807, 2.05) is 0 Å². The SMILES string of the molecule is CCOC(=O)c1coc(Oc2ccc(N)cc2OC)n1. The van der Waals surface area contributed by atoms with E-state index in [1.165, 1.54) is 7.11 Å². The lowest BCUT2D eigenvalue weighted by atomic mass is 10.3. The van der Waals surface area contributed by atoms with E-state index in [-0.39, 0.29) is 18.4 Å². The fourth-order valence-electron chi connectivity index (χ4n) is 1.47. The van der Waals surface area contributed by atoms with Crippen LogP contribution < -0.4 is 15.2 Å². The molecule has 1 heterocycles. The Kier molecular flexibility index (Phi) is 4.09. The van der Waals surface area contributed by atoms with Gasteiger partial charge in [0.1, 0.15) is 6.26 Å². The van der Waals surface area contributed by atoms with Crippen molar-refractivity contribution in [2.24, 2.45) is 0 Å². The number of anilines is 1. The summed E-state index contributed by atoms with van der Waals surface area (Å²) in [6, 6.07) is 4.86. The number of nitrogens with two attached hydrogens (primary N) is 1. The van der Waals surface area contributed by atoms with Gasteiger partial charge in [0.25, 0.3) is 0 Å². The third-order valence-electron chi connectivity index (χ3n) is 2.35. The molecule has 20 heavy (non-hydrogen) atoms. The number of nitrogens with zero attached hydrogens (tertiary/aromatic N) is 1. The van der Waals surface area contributed by atoms with Gasteiger partial charge in [0.05, 0.1) is 13.7 Å². The number of rotatable bonds is 5. The van der Waals surface area contributed by atoms with Crippen molar-refractivity contribution in [3.63, 3.8) is 0 Å². The number of methoxy groups -OCH3 is 1. The summed E-state index contributed by atoms with van der Waals surface area (Å²) in [7, 11) is 1.49. The molecule has 0 amide bonds. The standard InChI is InChI=1S/C13H14N2O5/c1-3-18-12(16)9-7-19-13(15-9)20-10-5-4-8(14)6-11(10)17-2/h4-7H,3,14H2,1-2H3. The average Bonchev–Trinajstić information content (AvgIpc) is 2.89. The summed E-state index contributed by atoms with van der Waals surface area (Å²) in [6.07, 6.45) is 1.08. The quantitative estimate of drug-likeness (QED) is 0.661. The molecule has 7 heteroatoms. The Labute approximate surface area is 115 Å². The van der Waals surface area contributed by atoms with Crippen LogP contribution in [0.5, 0.6) is 17.6 Å². The van der Waals surface area contributed by atoms with E-state index in [4.69, 9.17) is 24.4 Å². The molecule has 2 rings (SSSR count). The van der Waals surface area contributed by atoms with E-state index >= 15 is 0 Å². The topological polar surface area (TPSA) is 96.8 Å². The van der Waals surface area contributed by atoms with Crippen molar-refractivity contribution in [2.45, 2.75) is 6.92 Å². The lowest BCUT2D eigenvalue weighted by molar-refractivity contribution is 0.0519. The number of carbonyl (C=O) groups excluding carboxylic acids is 1. The van der Waals surface area contributed by atoms with Gasteiger partial charge in [-0.25, -0.2) is 4.79 Å². The third kappa shape index (κ3) is 3.00. The van der Waals surface area contributed by atoms with Gasteiger partial charge in [-0.2, -0.15) is 4.98 Å². The monoisotopic (exact) mass is 278 g/mol. The molecular formula is C13H14N2O5. The molecule has 0 radical (unpaired) electrons. The predicted molar refractivity (Wildman–Crippen MR) is 69.9 cm³/mol. The van der Waals surface area contributed by atoms with Gasteiger partial charge < -0.3 is 24.4 Å². The van der Waals surface area contributed by atoms with Crippen LogP contribution in [-0.4, -0.2) is 24.7 Å². The Hall–Kier alpha value is -2.70. The van der Waals surface area contributed by atoms with Crippen molar-refractivity contribution in [1.29, 1.82) is 0 Å². The largest absolute Gasteiger partial charge is 0.493 e. The Morgan fingerprint density at radius 3 is 2.90 bits per heavy atom. The fourth-order valence-corrected chi connectivity index (χ4v) is 1.47. The number of benzene rings is 1. The van der Waals surface area contributed by atoms with E-state index in [0.29, 0.717) is 17.2 Å². The summed E-state index contributed by atoms with van der Waals surface area (Å²) in [6.45, 7) is 1.96. The summed E-state index contributed by atoms with van der Waals surface area (Å²) >= 11 is 0. The first-order valence-electron chi connectivity index (χ1n) is 5.88. The number of ether oxygens (including phenoxy) is 3. The van der Waals surface area contributed by atoms with Crippen LogP contribution in [0, 0.1) is 0 Å². The first-order valence-corrected chi connectivity index (χ1v) is 5.88. The molecule has 7 nitrogen and oxygen atoms in total. The van der Waals surface area contributed by atoms with Crippen LogP contribution in [0.4, 0.5) is 5.69 Å². The number of hydrogen-bond donors (Lipinski definition) is 1. The van der Waals surface area contributed by atoms with Crippen LogP contribution >= 0.6 is 0 Å². The summed E-state index contributed by atoms with van der Waals surface area (Å²) in [5, 5.41) is 0. The Bertz CT molecular complexity index is 609. The highest BCUT2D eigenvalue weighted by atomic mass is 16.6. The zero-order valence-corrected chi connectivity index (χ0v) is 11.1. The maximum absolute atomic E-state index is 11.4. The molecule has 106 valence electrons. The van der Waals surface area contributed by atoms with Gasteiger partial charge in [0.2, 0.25) is 0 Å². The molecule has 0 bridgehead atoms. The van der Waals surface area contributed by atoms with E-state index < -0.39 is 5.97 Å². The normalized spacial score (nSPS) is 10.1. The van der Waals surface area contributed by atoms with Crippen molar-refractivity contribution in [1.82, 2.24) is 4.98 Å². The van der Waals surface area contributed by atoms with Crippen molar-refractivity contribution in [2.75, 3.05) is 19.5 Å². The lowest BCUT2D eigenvalue weighted by Crippen LogP contribution is -2.04. The van der Waals surface area contributed by atoms with Gasteiger partial charge in [-0.3, -0.25) is 0 Å². The minimum atomic E-state index is -0.574. The van der Waals surface area contributed by atoms with E-state index in [0.717, 1.165) is 6.26 Å². The second-order valence-electron chi connectivity index (χ2n) is 3.73. The van der Waals surface area contributed by atoms with Crippen molar-refractivity contribution in [3.05, 3.63) is 30.2 Å². The Morgan fingerprint density at radius 1 is 1.40 bits per heavy atom. The molecule has 2 aromatic rings. The zero-order valence-electron chi connectivity index (χ0n) is 11.1. The number of oxazole rings is 1. The third-order valence-corrected chi connectivity index (χ3v) is 2.35. The van der Waals surface area contributed by atoms with Gasteiger partial charge in [0.15, 0.2) is 17.2 Å². The number of esters is 1. The van der Waals surface area contributed by atoms with Crippen LogP contribution in [0.1, 0.15) is 17.4 Å². The second kappa shape index (κ2) is 5.96. The van der Waals surface area contributed by atoms with Gasteiger partial charge in [-0.05, 0) is 19.1 Å². The van der Waals surface area contributed by atoms with Crippen molar-refractivity contribution < 1.29 is 23.4 Å². The van der Waals surface area contributed by atoms with Crippen LogP contribution in [-0.2, 0) is 4.74 Å². The minimum Gasteiger partial charge on any atom is -0.493 e. The van der Waals surface area contributed by atoms with E-state index in [2.05, 4.69) is 4.98 Å². The second-order valence-corrected chi connectivity index (χ2v) is 3.73. The molecule has 2 N–H and O–H groups in total. The van der Waals surface area contributed by atoms with Crippen LogP contribution in [0.3, 0.4) is 0 Å². The van der Waals surface area contributed by atoms with E-state index in [1.54, 1.807) is 25.1 Å². The number of carbonyl (C=O) groups is 1. The Balaban J connectivity index is 2.16. The zero-order chi connectivity index (χ0) is 14.5. The van der Waals surface area contributed by atoms with Gasteiger partial charge >= 0.3 is 12.0 Å². The maximum atomic E-state index is 11.4. The molecule has 0 aliphatic heterocycles. The molecule has 0 spiro atoms. The molecule has 0 fully saturated rings. The molecule has 0 atom stereocenters. The number of hydrogen-bond acceptors (Lipinski definition) is 7. The van der Waals surface area contributed by atoms with Gasteiger partial charge in [-0.1, -0.05) is 0 Å². The van der Waals surface area contributed by atoms with Crippen molar-refractivity contribution in [3.8, 4) is 17.6 Å². The summed E-state index contributed by atoms with van der Waals surface area (Å²) < 4.78 is 20.4. The Morgan fingerprint density at radius 2 is 2.20 bits per heavy atom. The molecule has 1 aromatic heterocycles. The summed E-state index contributed by atoms with van der Waals surface area (Å²) in [5.41, 5.74) is 6.21. The number of aromatic nitrogens is 1. The fraction of sp³-hybridized carbons (Fsp3) is 0.231. The molecule has 0 unspecified atom stereocenters.